The lowest BCUT2D eigenvalue weighted by Crippen LogP contribution is -2.04. The van der Waals surface area contributed by atoms with Crippen molar-refractivity contribution in [1.82, 2.24) is 29.5 Å². The van der Waals surface area contributed by atoms with Crippen molar-refractivity contribution in [2.24, 2.45) is 0 Å². The quantitative estimate of drug-likeness (QED) is 0.152. The number of para-hydroxylation sites is 1. The SMILES string of the molecule is N#Cc1ccc(-c2ccc3c(c2)c2ccccc2n3-c2ccc(-c3nc(-c4ccccc4)cc(-c4ccccc4)n3)cc2-c2nc(-c3ccccc3)nc(-c3ccccc3)n2)cc1. The molecule has 0 bridgehead atoms. The molecule has 0 fully saturated rings. The van der Waals surface area contributed by atoms with Crippen molar-refractivity contribution in [3.8, 4) is 90.9 Å². The number of nitriles is 1. The zero-order valence-electron chi connectivity index (χ0n) is 33.8. The molecule has 3 aromatic heterocycles. The van der Waals surface area contributed by atoms with Crippen molar-refractivity contribution in [3.63, 3.8) is 0 Å². The van der Waals surface area contributed by atoms with Gasteiger partial charge in [0.2, 0.25) is 0 Å². The van der Waals surface area contributed by atoms with Gasteiger partial charge in [-0.3, -0.25) is 0 Å². The fourth-order valence-electron chi connectivity index (χ4n) is 8.22. The smallest absolute Gasteiger partial charge is 0.166 e. The highest BCUT2D eigenvalue weighted by Crippen LogP contribution is 2.40. The molecular weight excluding hydrogens is 771 g/mol. The minimum atomic E-state index is 0.516. The summed E-state index contributed by atoms with van der Waals surface area (Å²) >= 11 is 0. The Morgan fingerprint density at radius 1 is 0.333 bits per heavy atom. The van der Waals surface area contributed by atoms with Gasteiger partial charge in [-0.1, -0.05) is 158 Å². The van der Waals surface area contributed by atoms with Crippen LogP contribution in [0.15, 0.2) is 212 Å². The number of rotatable bonds is 8. The molecule has 0 aliphatic rings. The van der Waals surface area contributed by atoms with Gasteiger partial charge in [-0.05, 0) is 65.7 Å². The number of benzene rings is 8. The van der Waals surface area contributed by atoms with Crippen LogP contribution in [0, 0.1) is 11.3 Å². The standard InChI is InChI=1S/C56H35N7/c57-36-37-25-27-38(28-26-37)43-29-31-51-46(33-43)45-23-13-14-24-50(45)63(51)52-32-30-44(55-58-48(39-15-5-1-6-16-39)35-49(59-55)40-17-7-2-8-18-40)34-47(52)56-61-53(41-19-9-3-10-20-41)60-54(62-56)42-21-11-4-12-22-42/h1-35H. The Hall–Kier alpha value is -8.86. The van der Waals surface area contributed by atoms with Crippen LogP contribution >= 0.6 is 0 Å². The molecule has 7 nitrogen and oxygen atoms in total. The van der Waals surface area contributed by atoms with Gasteiger partial charge in [0.05, 0.1) is 39.7 Å². The van der Waals surface area contributed by atoms with E-state index in [4.69, 9.17) is 24.9 Å². The molecule has 0 radical (unpaired) electrons. The number of nitrogens with zero attached hydrogens (tertiary/aromatic N) is 7. The number of hydrogen-bond donors (Lipinski definition) is 0. The molecule has 0 aliphatic carbocycles. The summed E-state index contributed by atoms with van der Waals surface area (Å²) in [6.07, 6.45) is 0. The first-order valence-corrected chi connectivity index (χ1v) is 20.7. The number of aromatic nitrogens is 6. The van der Waals surface area contributed by atoms with Crippen LogP contribution in [0.3, 0.4) is 0 Å². The zero-order valence-corrected chi connectivity index (χ0v) is 33.8. The van der Waals surface area contributed by atoms with Crippen LogP contribution in [-0.4, -0.2) is 29.5 Å². The average molecular weight is 806 g/mol. The van der Waals surface area contributed by atoms with Gasteiger partial charge in [-0.25, -0.2) is 24.9 Å². The molecule has 0 amide bonds. The van der Waals surface area contributed by atoms with Crippen LogP contribution in [0.2, 0.25) is 0 Å². The summed E-state index contributed by atoms with van der Waals surface area (Å²) in [5, 5.41) is 11.7. The molecule has 0 spiro atoms. The van der Waals surface area contributed by atoms with Crippen molar-refractivity contribution in [2.45, 2.75) is 0 Å². The molecule has 11 aromatic rings. The van der Waals surface area contributed by atoms with Crippen molar-refractivity contribution < 1.29 is 0 Å². The summed E-state index contributed by atoms with van der Waals surface area (Å²) in [7, 11) is 0. The normalized spacial score (nSPS) is 11.2. The summed E-state index contributed by atoms with van der Waals surface area (Å²) in [6.45, 7) is 0. The Kier molecular flexibility index (Phi) is 9.41. The van der Waals surface area contributed by atoms with Gasteiger partial charge in [0.15, 0.2) is 23.3 Å². The fourth-order valence-corrected chi connectivity index (χ4v) is 8.22. The zero-order chi connectivity index (χ0) is 42.1. The van der Waals surface area contributed by atoms with Crippen LogP contribution < -0.4 is 0 Å². The second-order valence-corrected chi connectivity index (χ2v) is 15.2. The highest BCUT2D eigenvalue weighted by atomic mass is 15.1. The number of hydrogen-bond acceptors (Lipinski definition) is 6. The maximum absolute atomic E-state index is 9.45. The Balaban J connectivity index is 1.18. The highest BCUT2D eigenvalue weighted by molar-refractivity contribution is 6.11. The molecular formula is C56H35N7. The van der Waals surface area contributed by atoms with E-state index in [9.17, 15) is 5.26 Å². The predicted molar refractivity (Wildman–Crippen MR) is 253 cm³/mol. The maximum Gasteiger partial charge on any atom is 0.166 e. The van der Waals surface area contributed by atoms with E-state index in [-0.39, 0.29) is 0 Å². The summed E-state index contributed by atoms with van der Waals surface area (Å²) in [5.74, 6) is 2.23. The molecule has 0 unspecified atom stereocenters. The molecule has 294 valence electrons. The van der Waals surface area contributed by atoms with Crippen LogP contribution in [0.5, 0.6) is 0 Å². The van der Waals surface area contributed by atoms with Gasteiger partial charge < -0.3 is 4.57 Å². The molecule has 11 rings (SSSR count). The van der Waals surface area contributed by atoms with E-state index in [0.29, 0.717) is 28.9 Å². The Bertz CT molecular complexity index is 3370. The molecule has 7 heteroatoms. The third kappa shape index (κ3) is 7.08. The summed E-state index contributed by atoms with van der Waals surface area (Å²) in [6, 6.07) is 73.9. The molecule has 0 saturated heterocycles. The van der Waals surface area contributed by atoms with E-state index >= 15 is 0 Å². The Labute approximate surface area is 364 Å². The minimum Gasteiger partial charge on any atom is -0.309 e. The van der Waals surface area contributed by atoms with Gasteiger partial charge in [-0.15, -0.1) is 0 Å². The predicted octanol–water partition coefficient (Wildman–Crippen LogP) is 13.3. The van der Waals surface area contributed by atoms with Gasteiger partial charge in [0.1, 0.15) is 0 Å². The Morgan fingerprint density at radius 3 is 1.40 bits per heavy atom. The third-order valence-corrected chi connectivity index (χ3v) is 11.3. The lowest BCUT2D eigenvalue weighted by Gasteiger charge is -2.16. The molecule has 8 aromatic carbocycles. The van der Waals surface area contributed by atoms with E-state index in [1.807, 2.05) is 121 Å². The van der Waals surface area contributed by atoms with Crippen molar-refractivity contribution in [3.05, 3.63) is 218 Å². The monoisotopic (exact) mass is 805 g/mol. The van der Waals surface area contributed by atoms with Crippen LogP contribution in [0.1, 0.15) is 5.56 Å². The van der Waals surface area contributed by atoms with Crippen molar-refractivity contribution in [1.29, 1.82) is 5.26 Å². The van der Waals surface area contributed by atoms with E-state index in [2.05, 4.69) is 102 Å². The second-order valence-electron chi connectivity index (χ2n) is 15.2. The van der Waals surface area contributed by atoms with E-state index < -0.39 is 0 Å². The first-order chi connectivity index (χ1) is 31.2. The van der Waals surface area contributed by atoms with Gasteiger partial charge >= 0.3 is 0 Å². The van der Waals surface area contributed by atoms with E-state index in [1.165, 1.54) is 0 Å². The van der Waals surface area contributed by atoms with E-state index in [1.54, 1.807) is 0 Å². The first kappa shape index (κ1) is 37.2. The molecule has 3 heterocycles. The fraction of sp³-hybridized carbons (Fsp3) is 0. The van der Waals surface area contributed by atoms with Crippen LogP contribution in [0.4, 0.5) is 0 Å². The van der Waals surface area contributed by atoms with Crippen LogP contribution in [0.25, 0.3) is 107 Å². The molecule has 0 saturated carbocycles. The van der Waals surface area contributed by atoms with E-state index in [0.717, 1.165) is 83.4 Å². The van der Waals surface area contributed by atoms with Gasteiger partial charge in [0, 0.05) is 44.2 Å². The summed E-state index contributed by atoms with van der Waals surface area (Å²) in [5.41, 5.74) is 12.7. The minimum absolute atomic E-state index is 0.516. The van der Waals surface area contributed by atoms with Gasteiger partial charge in [-0.2, -0.15) is 5.26 Å². The summed E-state index contributed by atoms with van der Waals surface area (Å²) < 4.78 is 2.30. The van der Waals surface area contributed by atoms with Crippen LogP contribution in [-0.2, 0) is 0 Å². The molecule has 0 N–H and O–H groups in total. The third-order valence-electron chi connectivity index (χ3n) is 11.3. The highest BCUT2D eigenvalue weighted by Gasteiger charge is 2.22. The topological polar surface area (TPSA) is 93.2 Å². The number of fused-ring (bicyclic) bond motifs is 3. The van der Waals surface area contributed by atoms with Crippen molar-refractivity contribution >= 4 is 21.8 Å². The van der Waals surface area contributed by atoms with Crippen molar-refractivity contribution in [2.75, 3.05) is 0 Å². The molecule has 0 atom stereocenters. The Morgan fingerprint density at radius 2 is 0.810 bits per heavy atom. The maximum atomic E-state index is 9.45. The largest absolute Gasteiger partial charge is 0.309 e. The lowest BCUT2D eigenvalue weighted by molar-refractivity contribution is 1.06. The van der Waals surface area contributed by atoms with Gasteiger partial charge in [0.25, 0.3) is 0 Å². The first-order valence-electron chi connectivity index (χ1n) is 20.7. The average Bonchev–Trinajstić information content (AvgIpc) is 3.70. The molecule has 63 heavy (non-hydrogen) atoms. The second kappa shape index (κ2) is 16.0. The molecule has 0 aliphatic heterocycles. The lowest BCUT2D eigenvalue weighted by atomic mass is 10.0. The summed E-state index contributed by atoms with van der Waals surface area (Å²) in [4.78, 5) is 26.0.